The fraction of sp³-hybridized carbons (Fsp3) is 0.333. The molecule has 10 heteroatoms. The zero-order valence-corrected chi connectivity index (χ0v) is 13.8. The van der Waals surface area contributed by atoms with Crippen molar-refractivity contribution in [2.75, 3.05) is 13.2 Å². The quantitative estimate of drug-likeness (QED) is 0.722. The maximum Gasteiger partial charge on any atom is 0.432 e. The van der Waals surface area contributed by atoms with Gasteiger partial charge in [0.15, 0.2) is 5.69 Å². The molecule has 0 bridgehead atoms. The highest BCUT2D eigenvalue weighted by molar-refractivity contribution is 6.31. The number of halogens is 4. The van der Waals surface area contributed by atoms with E-state index in [1.807, 2.05) is 0 Å². The molecule has 1 atom stereocenters. The molecule has 0 saturated heterocycles. The van der Waals surface area contributed by atoms with E-state index in [0.29, 0.717) is 16.8 Å². The first-order chi connectivity index (χ1) is 11.7. The molecule has 0 radical (unpaired) electrons. The van der Waals surface area contributed by atoms with Gasteiger partial charge in [-0.1, -0.05) is 11.6 Å². The standard InChI is InChI=1S/C15H15ClF3N3O3/c1-8-4-10(2-3-11(8)16)25-7-9(23)6-20-14(24)12-5-13(22-21-12)15(17,18)19/h2-5,9,23H,6-7H2,1H3,(H,20,24)(H,21,22). The Morgan fingerprint density at radius 3 is 2.76 bits per heavy atom. The normalized spacial score (nSPS) is 12.7. The Bertz CT molecular complexity index is 749. The molecule has 0 aliphatic heterocycles. The maximum absolute atomic E-state index is 12.4. The Kier molecular flexibility index (Phi) is 5.91. The van der Waals surface area contributed by atoms with Crippen LogP contribution >= 0.6 is 11.6 Å². The van der Waals surface area contributed by atoms with Crippen LogP contribution in [0.3, 0.4) is 0 Å². The van der Waals surface area contributed by atoms with E-state index in [0.717, 1.165) is 5.56 Å². The van der Waals surface area contributed by atoms with Crippen LogP contribution in [0.4, 0.5) is 13.2 Å². The number of aliphatic hydroxyl groups excluding tert-OH is 1. The second-order valence-electron chi connectivity index (χ2n) is 5.25. The van der Waals surface area contributed by atoms with Gasteiger partial charge in [0.05, 0.1) is 0 Å². The number of aliphatic hydroxyl groups is 1. The minimum atomic E-state index is -4.62. The lowest BCUT2D eigenvalue weighted by Crippen LogP contribution is -2.35. The van der Waals surface area contributed by atoms with Crippen LogP contribution in [0.5, 0.6) is 5.75 Å². The van der Waals surface area contributed by atoms with E-state index in [2.05, 4.69) is 10.4 Å². The number of aromatic amines is 1. The molecule has 3 N–H and O–H groups in total. The van der Waals surface area contributed by atoms with Crippen LogP contribution in [0.2, 0.25) is 5.02 Å². The largest absolute Gasteiger partial charge is 0.491 e. The van der Waals surface area contributed by atoms with E-state index in [9.17, 15) is 23.1 Å². The summed E-state index contributed by atoms with van der Waals surface area (Å²) in [7, 11) is 0. The summed E-state index contributed by atoms with van der Waals surface area (Å²) in [6.45, 7) is 1.47. The number of ether oxygens (including phenoxy) is 1. The zero-order valence-electron chi connectivity index (χ0n) is 13.0. The van der Waals surface area contributed by atoms with E-state index in [4.69, 9.17) is 16.3 Å². The van der Waals surface area contributed by atoms with Crippen molar-refractivity contribution in [2.45, 2.75) is 19.2 Å². The van der Waals surface area contributed by atoms with Gasteiger partial charge in [-0.05, 0) is 30.7 Å². The minimum Gasteiger partial charge on any atom is -0.491 e. The third-order valence-electron chi connectivity index (χ3n) is 3.19. The topological polar surface area (TPSA) is 87.2 Å². The molecular weight excluding hydrogens is 363 g/mol. The van der Waals surface area contributed by atoms with Crippen LogP contribution in [0.25, 0.3) is 0 Å². The van der Waals surface area contributed by atoms with Crippen molar-refractivity contribution in [2.24, 2.45) is 0 Å². The van der Waals surface area contributed by atoms with Crippen LogP contribution in [-0.2, 0) is 6.18 Å². The van der Waals surface area contributed by atoms with Gasteiger partial charge < -0.3 is 15.2 Å². The van der Waals surface area contributed by atoms with Crippen molar-refractivity contribution in [3.63, 3.8) is 0 Å². The summed E-state index contributed by atoms with van der Waals surface area (Å²) >= 11 is 5.88. The monoisotopic (exact) mass is 377 g/mol. The Hall–Kier alpha value is -2.26. The summed E-state index contributed by atoms with van der Waals surface area (Å²) in [6.07, 6.45) is -5.67. The molecule has 0 fully saturated rings. The third kappa shape index (κ3) is 5.36. The molecule has 1 aromatic carbocycles. The molecule has 1 heterocycles. The Labute approximate surface area is 145 Å². The van der Waals surface area contributed by atoms with Gasteiger partial charge in [-0.2, -0.15) is 18.3 Å². The van der Waals surface area contributed by atoms with Gasteiger partial charge in [-0.25, -0.2) is 0 Å². The van der Waals surface area contributed by atoms with Crippen LogP contribution < -0.4 is 10.1 Å². The average Bonchev–Trinajstić information content (AvgIpc) is 3.04. The number of H-pyrrole nitrogens is 1. The predicted molar refractivity (Wildman–Crippen MR) is 83.6 cm³/mol. The van der Waals surface area contributed by atoms with E-state index in [1.165, 1.54) is 0 Å². The van der Waals surface area contributed by atoms with Crippen molar-refractivity contribution in [1.82, 2.24) is 15.5 Å². The highest BCUT2D eigenvalue weighted by Gasteiger charge is 2.33. The first kappa shape index (κ1) is 19.1. The zero-order chi connectivity index (χ0) is 18.6. The lowest BCUT2D eigenvalue weighted by Gasteiger charge is -2.13. The molecule has 2 rings (SSSR count). The number of carbonyl (C=O) groups is 1. The number of alkyl halides is 3. The molecule has 1 unspecified atom stereocenters. The highest BCUT2D eigenvalue weighted by atomic mass is 35.5. The molecule has 1 aromatic heterocycles. The van der Waals surface area contributed by atoms with E-state index in [1.54, 1.807) is 30.2 Å². The number of rotatable bonds is 6. The van der Waals surface area contributed by atoms with Crippen molar-refractivity contribution >= 4 is 17.5 Å². The molecule has 0 saturated carbocycles. The molecule has 6 nitrogen and oxygen atoms in total. The third-order valence-corrected chi connectivity index (χ3v) is 3.61. The van der Waals surface area contributed by atoms with Crippen LogP contribution in [0.1, 0.15) is 21.7 Å². The number of nitrogens with zero attached hydrogens (tertiary/aromatic N) is 1. The van der Waals surface area contributed by atoms with Gasteiger partial charge in [0.2, 0.25) is 0 Å². The van der Waals surface area contributed by atoms with Gasteiger partial charge in [0.1, 0.15) is 24.2 Å². The molecule has 2 aromatic rings. The fourth-order valence-corrected chi connectivity index (χ4v) is 1.96. The number of benzene rings is 1. The molecule has 0 spiro atoms. The summed E-state index contributed by atoms with van der Waals surface area (Å²) in [5, 5.41) is 17.7. The van der Waals surface area contributed by atoms with Gasteiger partial charge in [-0.3, -0.25) is 9.89 Å². The van der Waals surface area contributed by atoms with Crippen molar-refractivity contribution in [1.29, 1.82) is 0 Å². The number of nitrogens with one attached hydrogen (secondary N) is 2. The number of hydrogen-bond acceptors (Lipinski definition) is 4. The van der Waals surface area contributed by atoms with Crippen LogP contribution in [0.15, 0.2) is 24.3 Å². The van der Waals surface area contributed by atoms with E-state index < -0.39 is 29.6 Å². The molecule has 0 aliphatic carbocycles. The number of hydrogen-bond donors (Lipinski definition) is 3. The molecule has 136 valence electrons. The van der Waals surface area contributed by atoms with Crippen LogP contribution in [0, 0.1) is 6.92 Å². The Morgan fingerprint density at radius 2 is 2.16 bits per heavy atom. The Balaban J connectivity index is 1.81. The summed E-state index contributed by atoms with van der Waals surface area (Å²) in [5.41, 5.74) is -0.741. The fourth-order valence-electron chi connectivity index (χ4n) is 1.84. The lowest BCUT2D eigenvalue weighted by molar-refractivity contribution is -0.141. The maximum atomic E-state index is 12.4. The molecular formula is C15H15ClF3N3O3. The number of aryl methyl sites for hydroxylation is 1. The van der Waals surface area contributed by atoms with Gasteiger partial charge in [0, 0.05) is 17.6 Å². The lowest BCUT2D eigenvalue weighted by atomic mass is 10.2. The first-order valence-electron chi connectivity index (χ1n) is 7.14. The second-order valence-corrected chi connectivity index (χ2v) is 5.66. The Morgan fingerprint density at radius 1 is 1.44 bits per heavy atom. The smallest absolute Gasteiger partial charge is 0.432 e. The number of aromatic nitrogens is 2. The summed E-state index contributed by atoms with van der Waals surface area (Å²) in [4.78, 5) is 11.7. The summed E-state index contributed by atoms with van der Waals surface area (Å²) in [5.74, 6) is -0.345. The molecule has 1 amide bonds. The predicted octanol–water partition coefficient (Wildman–Crippen LogP) is 2.56. The number of carbonyl (C=O) groups excluding carboxylic acids is 1. The van der Waals surface area contributed by atoms with Gasteiger partial charge >= 0.3 is 6.18 Å². The minimum absolute atomic E-state index is 0.115. The summed E-state index contributed by atoms with van der Waals surface area (Å²) < 4.78 is 42.6. The molecule has 0 aliphatic rings. The number of amides is 1. The van der Waals surface area contributed by atoms with Crippen molar-refractivity contribution in [3.8, 4) is 5.75 Å². The van der Waals surface area contributed by atoms with Crippen LogP contribution in [-0.4, -0.2) is 40.5 Å². The average molecular weight is 378 g/mol. The summed E-state index contributed by atoms with van der Waals surface area (Å²) in [6, 6.07) is 5.56. The first-order valence-corrected chi connectivity index (χ1v) is 7.52. The SMILES string of the molecule is Cc1cc(OCC(O)CNC(=O)c2cc(C(F)(F)F)[nH]n2)ccc1Cl. The van der Waals surface area contributed by atoms with Gasteiger partial charge in [-0.15, -0.1) is 0 Å². The van der Waals surface area contributed by atoms with Gasteiger partial charge in [0.25, 0.3) is 5.91 Å². The van der Waals surface area contributed by atoms with E-state index in [-0.39, 0.29) is 13.2 Å². The van der Waals surface area contributed by atoms with Crippen molar-refractivity contribution < 1.29 is 27.8 Å². The highest BCUT2D eigenvalue weighted by Crippen LogP contribution is 2.27. The van der Waals surface area contributed by atoms with E-state index >= 15 is 0 Å². The van der Waals surface area contributed by atoms with Crippen molar-refractivity contribution in [3.05, 3.63) is 46.2 Å². The molecule has 25 heavy (non-hydrogen) atoms. The second kappa shape index (κ2) is 7.75.